The van der Waals surface area contributed by atoms with Gasteiger partial charge in [0.2, 0.25) is 0 Å². The lowest BCUT2D eigenvalue weighted by Crippen LogP contribution is -2.22. The van der Waals surface area contributed by atoms with Crippen molar-refractivity contribution in [3.8, 4) is 0 Å². The Kier molecular flexibility index (Phi) is 9.67. The summed E-state index contributed by atoms with van der Waals surface area (Å²) < 4.78 is 9.38. The molecule has 0 N–H and O–H groups in total. The Morgan fingerprint density at radius 2 is 1.25 bits per heavy atom. The highest BCUT2D eigenvalue weighted by Gasteiger charge is 2.21. The number of halogens is 2. The molecule has 0 fully saturated rings. The highest BCUT2D eigenvalue weighted by Crippen LogP contribution is 2.17. The number of carbonyl (C=O) groups is 2. The summed E-state index contributed by atoms with van der Waals surface area (Å²) in [7, 11) is 0. The maximum Gasteiger partial charge on any atom is 0.318 e. The summed E-state index contributed by atoms with van der Waals surface area (Å²) in [5.41, 5.74) is 0. The van der Waals surface area contributed by atoms with E-state index >= 15 is 0 Å². The second kappa shape index (κ2) is 9.43. The van der Waals surface area contributed by atoms with Gasteiger partial charge in [-0.25, -0.2) is 0 Å². The van der Waals surface area contributed by atoms with Gasteiger partial charge < -0.3 is 9.47 Å². The van der Waals surface area contributed by atoms with Crippen LogP contribution in [-0.2, 0) is 19.1 Å². The molecule has 0 radical (unpaired) electrons. The van der Waals surface area contributed by atoms with E-state index in [1.54, 1.807) is 13.8 Å². The first-order valence-corrected chi connectivity index (χ1v) is 7.63. The van der Waals surface area contributed by atoms with Crippen molar-refractivity contribution in [1.82, 2.24) is 0 Å². The highest BCUT2D eigenvalue weighted by molar-refractivity contribution is 14.1. The van der Waals surface area contributed by atoms with Crippen molar-refractivity contribution in [2.75, 3.05) is 13.2 Å². The number of hydrogen-bond donors (Lipinski definition) is 0. The van der Waals surface area contributed by atoms with Gasteiger partial charge in [-0.2, -0.15) is 0 Å². The molecule has 2 unspecified atom stereocenters. The van der Waals surface area contributed by atoms with Crippen molar-refractivity contribution in [3.63, 3.8) is 0 Å². The predicted octanol–water partition coefficient (Wildman–Crippen LogP) is 2.50. The first-order valence-electron chi connectivity index (χ1n) is 5.14. The lowest BCUT2D eigenvalue weighted by Gasteiger charge is -2.11. The monoisotopic (exact) mass is 454 g/mol. The summed E-state index contributed by atoms with van der Waals surface area (Å²) >= 11 is 4.08. The smallest absolute Gasteiger partial charge is 0.318 e. The van der Waals surface area contributed by atoms with Crippen molar-refractivity contribution in [1.29, 1.82) is 0 Å². The van der Waals surface area contributed by atoms with Gasteiger partial charge >= 0.3 is 11.9 Å². The first-order chi connectivity index (χ1) is 7.52. The Hall–Kier alpha value is 0.400. The van der Waals surface area contributed by atoms with Crippen LogP contribution in [-0.4, -0.2) is 33.0 Å². The molecule has 6 heteroatoms. The molecule has 0 aromatic carbocycles. The molecule has 4 nitrogen and oxygen atoms in total. The third kappa shape index (κ3) is 6.87. The van der Waals surface area contributed by atoms with Gasteiger partial charge in [0.15, 0.2) is 0 Å². The van der Waals surface area contributed by atoms with Crippen molar-refractivity contribution in [2.45, 2.75) is 34.5 Å². The Morgan fingerprint density at radius 3 is 1.50 bits per heavy atom. The van der Waals surface area contributed by atoms with Crippen LogP contribution in [0.15, 0.2) is 0 Å². The lowest BCUT2D eigenvalue weighted by atomic mass is 10.2. The minimum Gasteiger partial charge on any atom is -0.465 e. The third-order valence-electron chi connectivity index (χ3n) is 1.76. The zero-order valence-corrected chi connectivity index (χ0v) is 13.7. The summed E-state index contributed by atoms with van der Waals surface area (Å²) in [4.78, 5) is 22.6. The van der Waals surface area contributed by atoms with Crippen LogP contribution in [0, 0.1) is 0 Å². The third-order valence-corrected chi connectivity index (χ3v) is 4.02. The van der Waals surface area contributed by atoms with Gasteiger partial charge in [-0.1, -0.05) is 45.2 Å². The molecule has 2 atom stereocenters. The first kappa shape index (κ1) is 16.4. The van der Waals surface area contributed by atoms with E-state index in [4.69, 9.17) is 9.47 Å². The Labute approximate surface area is 123 Å². The number of hydrogen-bond acceptors (Lipinski definition) is 4. The molecule has 0 saturated heterocycles. The molecule has 0 aromatic heterocycles. The van der Waals surface area contributed by atoms with Gasteiger partial charge in [-0.15, -0.1) is 0 Å². The van der Waals surface area contributed by atoms with Gasteiger partial charge in [-0.3, -0.25) is 9.59 Å². The fourth-order valence-corrected chi connectivity index (χ4v) is 2.07. The van der Waals surface area contributed by atoms with Crippen LogP contribution in [0.3, 0.4) is 0 Å². The minimum absolute atomic E-state index is 0.191. The molecule has 0 bridgehead atoms. The van der Waals surface area contributed by atoms with E-state index in [2.05, 4.69) is 0 Å². The van der Waals surface area contributed by atoms with Gasteiger partial charge in [0.25, 0.3) is 0 Å². The van der Waals surface area contributed by atoms with Crippen molar-refractivity contribution < 1.29 is 19.1 Å². The van der Waals surface area contributed by atoms with E-state index in [1.807, 2.05) is 45.2 Å². The van der Waals surface area contributed by atoms with Gasteiger partial charge in [0.1, 0.15) is 7.85 Å². The second-order valence-corrected chi connectivity index (χ2v) is 6.02. The maximum absolute atomic E-state index is 11.3. The number of rotatable bonds is 7. The van der Waals surface area contributed by atoms with Crippen LogP contribution >= 0.6 is 45.2 Å². The zero-order chi connectivity index (χ0) is 12.6. The Morgan fingerprint density at radius 1 is 0.938 bits per heavy atom. The van der Waals surface area contributed by atoms with Gasteiger partial charge in [0, 0.05) is 0 Å². The molecule has 0 amide bonds. The topological polar surface area (TPSA) is 52.6 Å². The summed E-state index contributed by atoms with van der Waals surface area (Å²) in [5, 5.41) is 0. The molecule has 0 heterocycles. The lowest BCUT2D eigenvalue weighted by molar-refractivity contribution is -0.144. The van der Waals surface area contributed by atoms with Crippen molar-refractivity contribution in [2.24, 2.45) is 0 Å². The quantitative estimate of drug-likeness (QED) is 0.337. The van der Waals surface area contributed by atoms with E-state index in [9.17, 15) is 9.59 Å². The summed E-state index contributed by atoms with van der Waals surface area (Å²) in [6.07, 6.45) is 1.26. The molecule has 0 aliphatic carbocycles. The summed E-state index contributed by atoms with van der Waals surface area (Å²) in [6, 6.07) is 0. The molecule has 0 aliphatic heterocycles. The van der Waals surface area contributed by atoms with Crippen LogP contribution in [0.2, 0.25) is 0 Å². The van der Waals surface area contributed by atoms with Crippen LogP contribution in [0.25, 0.3) is 0 Å². The van der Waals surface area contributed by atoms with Crippen LogP contribution < -0.4 is 0 Å². The number of ether oxygens (including phenoxy) is 2. The molecule has 16 heavy (non-hydrogen) atoms. The molecular weight excluding hydrogens is 438 g/mol. The van der Waals surface area contributed by atoms with Crippen LogP contribution in [0.1, 0.15) is 26.7 Å². The van der Waals surface area contributed by atoms with Gasteiger partial charge in [0.05, 0.1) is 13.2 Å². The second-order valence-electron chi connectivity index (χ2n) is 3.02. The Balaban J connectivity index is 3.86. The number of carbonyl (C=O) groups excluding carboxylic acids is 2. The fourth-order valence-electron chi connectivity index (χ4n) is 0.994. The number of alkyl halides is 2. The zero-order valence-electron chi connectivity index (χ0n) is 9.37. The van der Waals surface area contributed by atoms with E-state index < -0.39 is 0 Å². The largest absolute Gasteiger partial charge is 0.465 e. The normalized spacial score (nSPS) is 14.0. The maximum atomic E-state index is 11.3. The fraction of sp³-hybridized carbons (Fsp3) is 0.800. The molecule has 0 rings (SSSR count). The van der Waals surface area contributed by atoms with Crippen molar-refractivity contribution in [3.05, 3.63) is 0 Å². The summed E-state index contributed by atoms with van der Waals surface area (Å²) in [6.45, 7) is 4.34. The minimum atomic E-state index is -0.212. The summed E-state index contributed by atoms with van der Waals surface area (Å²) in [5.74, 6) is -0.425. The van der Waals surface area contributed by atoms with E-state index in [-0.39, 0.29) is 19.8 Å². The molecular formula is C10H16I2O4. The molecule has 0 spiro atoms. The predicted molar refractivity (Wildman–Crippen MR) is 78.1 cm³/mol. The van der Waals surface area contributed by atoms with E-state index in [0.29, 0.717) is 26.1 Å². The standard InChI is InChI=1S/C10H16I2O4/c1-3-15-9(13)7(11)5-6-8(12)10(14)16-4-2/h7-8H,3-6H2,1-2H3. The van der Waals surface area contributed by atoms with Crippen LogP contribution in [0.5, 0.6) is 0 Å². The van der Waals surface area contributed by atoms with E-state index in [1.165, 1.54) is 0 Å². The molecule has 94 valence electrons. The average molecular weight is 454 g/mol. The SMILES string of the molecule is CCOC(=O)C(I)CCC(I)C(=O)OCC. The van der Waals surface area contributed by atoms with Gasteiger partial charge in [-0.05, 0) is 26.7 Å². The highest BCUT2D eigenvalue weighted by atomic mass is 127. The molecule has 0 aliphatic rings. The number of esters is 2. The average Bonchev–Trinajstić information content (AvgIpc) is 2.25. The Bertz CT molecular complexity index is 209. The van der Waals surface area contributed by atoms with Crippen LogP contribution in [0.4, 0.5) is 0 Å². The van der Waals surface area contributed by atoms with E-state index in [0.717, 1.165) is 0 Å². The van der Waals surface area contributed by atoms with Crippen molar-refractivity contribution >= 4 is 57.1 Å². The molecule has 0 saturated carbocycles. The molecule has 0 aromatic rings.